The molecule has 0 amide bonds. The van der Waals surface area contributed by atoms with E-state index in [0.717, 1.165) is 0 Å². The van der Waals surface area contributed by atoms with E-state index in [-0.39, 0.29) is 17.1 Å². The first-order chi connectivity index (χ1) is 8.09. The minimum Gasteiger partial charge on any atom is -0.347 e. The first kappa shape index (κ1) is 12.4. The van der Waals surface area contributed by atoms with Crippen LogP contribution in [0.1, 0.15) is 32.6 Å². The van der Waals surface area contributed by atoms with Crippen molar-refractivity contribution in [2.75, 3.05) is 13.2 Å². The van der Waals surface area contributed by atoms with Crippen LogP contribution in [0, 0.1) is 16.0 Å². The summed E-state index contributed by atoms with van der Waals surface area (Å²) in [5.41, 5.74) is 0. The van der Waals surface area contributed by atoms with E-state index in [9.17, 15) is 14.9 Å². The zero-order valence-corrected chi connectivity index (χ0v) is 9.89. The molecule has 17 heavy (non-hydrogen) atoms. The molecule has 1 aliphatic carbocycles. The summed E-state index contributed by atoms with van der Waals surface area (Å²) >= 11 is 0. The van der Waals surface area contributed by atoms with Gasteiger partial charge in [0.15, 0.2) is 5.79 Å². The van der Waals surface area contributed by atoms with Crippen molar-refractivity contribution in [3.63, 3.8) is 0 Å². The van der Waals surface area contributed by atoms with Gasteiger partial charge in [-0.15, -0.1) is 0 Å². The Morgan fingerprint density at radius 3 is 2.71 bits per heavy atom. The van der Waals surface area contributed by atoms with Gasteiger partial charge in [0.2, 0.25) is 6.04 Å². The van der Waals surface area contributed by atoms with E-state index in [0.29, 0.717) is 32.5 Å². The molecule has 1 saturated carbocycles. The number of Topliss-reactive ketones (excluding diaryl/α,β-unsaturated/α-hetero) is 1. The third-order valence-corrected chi connectivity index (χ3v) is 3.69. The standard InChI is InChI=1S/C11H17NO5/c1-2-10(12(14)15)9-7-8(13)3-4-11(9)16-5-6-17-11/h9-10H,2-7H2,1H3/t9-,10+/m0/s1. The molecule has 0 bridgehead atoms. The SMILES string of the molecule is CC[C@H]([C@@H]1CC(=O)CCC12OCCO2)[N+](=O)[O-]. The molecule has 6 heteroatoms. The summed E-state index contributed by atoms with van der Waals surface area (Å²) in [5.74, 6) is -1.27. The van der Waals surface area contributed by atoms with Crippen molar-refractivity contribution in [3.8, 4) is 0 Å². The normalized spacial score (nSPS) is 29.5. The Bertz CT molecular complexity index is 324. The highest BCUT2D eigenvalue weighted by Crippen LogP contribution is 2.42. The highest BCUT2D eigenvalue weighted by atomic mass is 16.7. The lowest BCUT2D eigenvalue weighted by Gasteiger charge is -2.39. The van der Waals surface area contributed by atoms with Gasteiger partial charge in [-0.1, -0.05) is 6.92 Å². The minimum absolute atomic E-state index is 0.0695. The van der Waals surface area contributed by atoms with Crippen LogP contribution in [0.3, 0.4) is 0 Å². The summed E-state index contributed by atoms with van der Waals surface area (Å²) in [7, 11) is 0. The second-order valence-corrected chi connectivity index (χ2v) is 4.62. The number of carbonyl (C=O) groups is 1. The van der Waals surface area contributed by atoms with Crippen molar-refractivity contribution in [1.82, 2.24) is 0 Å². The molecule has 0 radical (unpaired) electrons. The number of nitro groups is 1. The van der Waals surface area contributed by atoms with Gasteiger partial charge in [0.05, 0.1) is 19.1 Å². The van der Waals surface area contributed by atoms with Crippen molar-refractivity contribution < 1.29 is 19.2 Å². The zero-order chi connectivity index (χ0) is 12.5. The average Bonchev–Trinajstić information content (AvgIpc) is 2.74. The van der Waals surface area contributed by atoms with Crippen LogP contribution < -0.4 is 0 Å². The predicted octanol–water partition coefficient (Wildman–Crippen LogP) is 1.15. The quantitative estimate of drug-likeness (QED) is 0.549. The van der Waals surface area contributed by atoms with Gasteiger partial charge >= 0.3 is 0 Å². The summed E-state index contributed by atoms with van der Waals surface area (Å²) < 4.78 is 11.2. The molecule has 2 aliphatic rings. The number of ether oxygens (including phenoxy) is 2. The number of ketones is 1. The van der Waals surface area contributed by atoms with Crippen LogP contribution in [0.2, 0.25) is 0 Å². The van der Waals surface area contributed by atoms with Crippen molar-refractivity contribution >= 4 is 5.78 Å². The fraction of sp³-hybridized carbons (Fsp3) is 0.909. The van der Waals surface area contributed by atoms with E-state index in [4.69, 9.17) is 9.47 Å². The molecular formula is C11H17NO5. The van der Waals surface area contributed by atoms with E-state index in [1.54, 1.807) is 6.92 Å². The molecule has 0 N–H and O–H groups in total. The van der Waals surface area contributed by atoms with E-state index < -0.39 is 17.7 Å². The Hall–Kier alpha value is -1.01. The number of rotatable bonds is 3. The molecule has 0 aromatic rings. The van der Waals surface area contributed by atoms with Crippen LogP contribution in [0.4, 0.5) is 0 Å². The molecule has 1 heterocycles. The second-order valence-electron chi connectivity index (χ2n) is 4.62. The monoisotopic (exact) mass is 243 g/mol. The largest absolute Gasteiger partial charge is 0.347 e. The number of hydrogen-bond donors (Lipinski definition) is 0. The Kier molecular flexibility index (Phi) is 3.44. The van der Waals surface area contributed by atoms with Gasteiger partial charge in [-0.3, -0.25) is 14.9 Å². The van der Waals surface area contributed by atoms with E-state index in [2.05, 4.69) is 0 Å². The first-order valence-electron chi connectivity index (χ1n) is 6.02. The molecule has 2 rings (SSSR count). The van der Waals surface area contributed by atoms with Crippen LogP contribution in [0.15, 0.2) is 0 Å². The van der Waals surface area contributed by atoms with Crippen LogP contribution in [-0.4, -0.2) is 35.7 Å². The number of hydrogen-bond acceptors (Lipinski definition) is 5. The molecule has 6 nitrogen and oxygen atoms in total. The smallest absolute Gasteiger partial charge is 0.221 e. The van der Waals surface area contributed by atoms with Gasteiger partial charge in [-0.25, -0.2) is 0 Å². The van der Waals surface area contributed by atoms with E-state index in [1.807, 2.05) is 0 Å². The van der Waals surface area contributed by atoms with Gasteiger partial charge < -0.3 is 9.47 Å². The Balaban J connectivity index is 2.24. The van der Waals surface area contributed by atoms with E-state index >= 15 is 0 Å². The maximum Gasteiger partial charge on any atom is 0.221 e. The van der Waals surface area contributed by atoms with Crippen molar-refractivity contribution in [1.29, 1.82) is 0 Å². The highest BCUT2D eigenvalue weighted by molar-refractivity contribution is 5.79. The number of carbonyl (C=O) groups excluding carboxylic acids is 1. The maximum atomic E-state index is 11.5. The zero-order valence-electron chi connectivity index (χ0n) is 9.89. The summed E-state index contributed by atoms with van der Waals surface area (Å²) in [6, 6.07) is -0.766. The topological polar surface area (TPSA) is 78.7 Å². The van der Waals surface area contributed by atoms with Crippen molar-refractivity contribution in [2.45, 2.75) is 44.4 Å². The summed E-state index contributed by atoms with van der Waals surface area (Å²) in [6.07, 6.45) is 1.42. The van der Waals surface area contributed by atoms with Gasteiger partial charge in [-0.2, -0.15) is 0 Å². The highest BCUT2D eigenvalue weighted by Gasteiger charge is 2.54. The van der Waals surface area contributed by atoms with Crippen molar-refractivity contribution in [2.24, 2.45) is 5.92 Å². The van der Waals surface area contributed by atoms with Gasteiger partial charge in [-0.05, 0) is 0 Å². The van der Waals surface area contributed by atoms with Gasteiger partial charge in [0.1, 0.15) is 5.78 Å². The second kappa shape index (κ2) is 4.70. The molecule has 2 atom stereocenters. The van der Waals surface area contributed by atoms with E-state index in [1.165, 1.54) is 0 Å². The minimum atomic E-state index is -0.887. The van der Waals surface area contributed by atoms with Crippen molar-refractivity contribution in [3.05, 3.63) is 10.1 Å². The molecule has 0 aromatic carbocycles. The molecular weight excluding hydrogens is 226 g/mol. The fourth-order valence-corrected chi connectivity index (χ4v) is 2.84. The molecule has 1 saturated heterocycles. The summed E-state index contributed by atoms with van der Waals surface area (Å²) in [4.78, 5) is 22.3. The lowest BCUT2D eigenvalue weighted by atomic mass is 9.77. The van der Waals surface area contributed by atoms with Crippen LogP contribution in [-0.2, 0) is 14.3 Å². The maximum absolute atomic E-state index is 11.5. The van der Waals surface area contributed by atoms with Crippen LogP contribution in [0.5, 0.6) is 0 Å². The van der Waals surface area contributed by atoms with Gasteiger partial charge in [0, 0.05) is 30.6 Å². The average molecular weight is 243 g/mol. The van der Waals surface area contributed by atoms with Gasteiger partial charge in [0.25, 0.3) is 0 Å². The Morgan fingerprint density at radius 1 is 1.53 bits per heavy atom. The molecule has 0 unspecified atom stereocenters. The van der Waals surface area contributed by atoms with Crippen LogP contribution in [0.25, 0.3) is 0 Å². The third-order valence-electron chi connectivity index (χ3n) is 3.69. The molecule has 0 aromatic heterocycles. The summed E-state index contributed by atoms with van der Waals surface area (Å²) in [6.45, 7) is 2.67. The lowest BCUT2D eigenvalue weighted by Crippen LogP contribution is -2.51. The summed E-state index contributed by atoms with van der Waals surface area (Å²) in [5, 5.41) is 11.1. The number of nitrogens with zero attached hydrogens (tertiary/aromatic N) is 1. The molecule has 1 aliphatic heterocycles. The predicted molar refractivity (Wildman–Crippen MR) is 58.1 cm³/mol. The molecule has 96 valence electrons. The first-order valence-corrected chi connectivity index (χ1v) is 6.02. The Labute approximate surface area is 99.4 Å². The fourth-order valence-electron chi connectivity index (χ4n) is 2.84. The lowest BCUT2D eigenvalue weighted by molar-refractivity contribution is -0.542. The van der Waals surface area contributed by atoms with Crippen LogP contribution >= 0.6 is 0 Å². The third kappa shape index (κ3) is 2.19. The molecule has 2 fully saturated rings. The molecule has 1 spiro atoms. The Morgan fingerprint density at radius 2 is 2.18 bits per heavy atom.